The number of hydrogen-bond acceptors (Lipinski definition) is 3. The zero-order chi connectivity index (χ0) is 13.5. The van der Waals surface area contributed by atoms with Gasteiger partial charge < -0.3 is 10.6 Å². The molecule has 0 bridgehead atoms. The lowest BCUT2D eigenvalue weighted by Crippen LogP contribution is -2.15. The first-order valence-electron chi connectivity index (χ1n) is 4.84. The van der Waals surface area contributed by atoms with Gasteiger partial charge in [0.05, 0.1) is 10.7 Å². The lowest BCUT2D eigenvalue weighted by atomic mass is 10.2. The minimum absolute atomic E-state index is 0.144. The van der Waals surface area contributed by atoms with Crippen LogP contribution in [0.2, 0.25) is 0 Å². The molecule has 0 aliphatic carbocycles. The number of halogens is 2. The number of rotatable bonds is 5. The first-order chi connectivity index (χ1) is 8.58. The molecular formula is C11H9Br2N2O3. The van der Waals surface area contributed by atoms with Crippen molar-refractivity contribution in [3.63, 3.8) is 0 Å². The third kappa shape index (κ3) is 4.58. The van der Waals surface area contributed by atoms with Crippen LogP contribution in [0.25, 0.3) is 0 Å². The maximum absolute atomic E-state index is 11.2. The quantitative estimate of drug-likeness (QED) is 0.769. The maximum atomic E-state index is 11.2. The summed E-state index contributed by atoms with van der Waals surface area (Å²) in [6.45, 7) is 0. The normalized spacial score (nSPS) is 9.67. The van der Waals surface area contributed by atoms with Crippen LogP contribution in [-0.4, -0.2) is 28.8 Å². The van der Waals surface area contributed by atoms with Gasteiger partial charge in [-0.05, 0) is 18.2 Å². The molecule has 18 heavy (non-hydrogen) atoms. The minimum atomic E-state index is -0.254. The Bertz CT molecular complexity index is 441. The van der Waals surface area contributed by atoms with Crippen molar-refractivity contribution in [3.05, 3.63) is 23.8 Å². The fraction of sp³-hybridized carbons (Fsp3) is 0.182. The fourth-order valence-electron chi connectivity index (χ4n) is 1.22. The smallest absolute Gasteiger partial charge is 0.235 e. The van der Waals surface area contributed by atoms with Gasteiger partial charge in [0, 0.05) is 16.9 Å². The SMILES string of the molecule is O=[C]c1cc(NC(=O)CBr)cc(NC(=O)CBr)c1. The molecule has 0 atom stereocenters. The Morgan fingerprint density at radius 2 is 1.44 bits per heavy atom. The molecule has 1 radical (unpaired) electrons. The summed E-state index contributed by atoms with van der Waals surface area (Å²) in [5.74, 6) is -0.508. The predicted molar refractivity (Wildman–Crippen MR) is 76.1 cm³/mol. The molecule has 0 saturated heterocycles. The number of carbonyl (C=O) groups is 2. The summed E-state index contributed by atoms with van der Waals surface area (Å²) in [7, 11) is 0. The van der Waals surface area contributed by atoms with Crippen molar-refractivity contribution < 1.29 is 14.4 Å². The highest BCUT2D eigenvalue weighted by molar-refractivity contribution is 9.09. The molecule has 7 heteroatoms. The first-order valence-corrected chi connectivity index (χ1v) is 7.08. The highest BCUT2D eigenvalue weighted by Gasteiger charge is 2.06. The lowest BCUT2D eigenvalue weighted by Gasteiger charge is -2.08. The molecule has 0 aliphatic rings. The van der Waals surface area contributed by atoms with Crippen molar-refractivity contribution in [1.29, 1.82) is 0 Å². The van der Waals surface area contributed by atoms with Gasteiger partial charge >= 0.3 is 0 Å². The zero-order valence-electron chi connectivity index (χ0n) is 9.13. The Hall–Kier alpha value is -1.21. The van der Waals surface area contributed by atoms with Crippen molar-refractivity contribution in [2.45, 2.75) is 0 Å². The molecule has 5 nitrogen and oxygen atoms in total. The molecular weight excluding hydrogens is 368 g/mol. The number of carbonyl (C=O) groups excluding carboxylic acids is 3. The summed E-state index contributed by atoms with van der Waals surface area (Å²) >= 11 is 6.03. The fourth-order valence-corrected chi connectivity index (χ4v) is 1.50. The van der Waals surface area contributed by atoms with E-state index in [4.69, 9.17) is 0 Å². The molecule has 0 fully saturated rings. The van der Waals surface area contributed by atoms with E-state index in [2.05, 4.69) is 42.5 Å². The number of anilines is 2. The molecule has 1 aromatic carbocycles. The van der Waals surface area contributed by atoms with E-state index in [-0.39, 0.29) is 28.0 Å². The van der Waals surface area contributed by atoms with Crippen LogP contribution in [0.15, 0.2) is 18.2 Å². The highest BCUT2D eigenvalue weighted by atomic mass is 79.9. The molecule has 0 aromatic heterocycles. The molecule has 95 valence electrons. The number of hydrogen-bond donors (Lipinski definition) is 2. The van der Waals surface area contributed by atoms with Crippen LogP contribution < -0.4 is 10.6 Å². The number of amides is 2. The molecule has 1 rings (SSSR count). The van der Waals surface area contributed by atoms with Gasteiger partial charge in [-0.15, -0.1) is 0 Å². The Morgan fingerprint density at radius 1 is 1.00 bits per heavy atom. The highest BCUT2D eigenvalue weighted by Crippen LogP contribution is 2.18. The van der Waals surface area contributed by atoms with Gasteiger partial charge in [0.15, 0.2) is 0 Å². The van der Waals surface area contributed by atoms with Crippen LogP contribution in [0.4, 0.5) is 11.4 Å². The van der Waals surface area contributed by atoms with Gasteiger partial charge in [-0.25, -0.2) is 0 Å². The van der Waals surface area contributed by atoms with Crippen LogP contribution >= 0.6 is 31.9 Å². The summed E-state index contributed by atoms with van der Waals surface area (Å²) in [6.07, 6.45) is 1.71. The van der Waals surface area contributed by atoms with Gasteiger partial charge in [-0.1, -0.05) is 31.9 Å². The molecule has 2 amide bonds. The lowest BCUT2D eigenvalue weighted by molar-refractivity contribution is -0.114. The second-order valence-corrected chi connectivity index (χ2v) is 4.39. The summed E-state index contributed by atoms with van der Waals surface area (Å²) in [4.78, 5) is 33.1. The summed E-state index contributed by atoms with van der Waals surface area (Å²) in [5.41, 5.74) is 1.09. The average Bonchev–Trinajstić information content (AvgIpc) is 2.37. The number of benzene rings is 1. The van der Waals surface area contributed by atoms with E-state index in [0.29, 0.717) is 11.4 Å². The van der Waals surface area contributed by atoms with E-state index >= 15 is 0 Å². The third-order valence-corrected chi connectivity index (χ3v) is 2.88. The molecule has 0 unspecified atom stereocenters. The van der Waals surface area contributed by atoms with Crippen LogP contribution in [0, 0.1) is 0 Å². The summed E-state index contributed by atoms with van der Waals surface area (Å²) < 4.78 is 0. The van der Waals surface area contributed by atoms with Gasteiger partial charge in [0.2, 0.25) is 18.1 Å². The summed E-state index contributed by atoms with van der Waals surface area (Å²) in [6, 6.07) is 4.50. The second kappa shape index (κ2) is 7.27. The molecule has 0 spiro atoms. The van der Waals surface area contributed by atoms with E-state index in [9.17, 15) is 14.4 Å². The van der Waals surface area contributed by atoms with Crippen molar-refractivity contribution in [2.24, 2.45) is 0 Å². The predicted octanol–water partition coefficient (Wildman–Crippen LogP) is 1.81. The Morgan fingerprint density at radius 3 is 1.78 bits per heavy atom. The first kappa shape index (κ1) is 14.8. The largest absolute Gasteiger partial charge is 0.325 e. The van der Waals surface area contributed by atoms with Crippen LogP contribution in [0.1, 0.15) is 5.56 Å². The Labute approximate surface area is 121 Å². The molecule has 0 saturated carbocycles. The van der Waals surface area contributed by atoms with Crippen LogP contribution in [0.5, 0.6) is 0 Å². The van der Waals surface area contributed by atoms with Crippen molar-refractivity contribution in [1.82, 2.24) is 0 Å². The van der Waals surface area contributed by atoms with E-state index in [1.165, 1.54) is 12.1 Å². The molecule has 1 aromatic rings. The van der Waals surface area contributed by atoms with E-state index < -0.39 is 0 Å². The molecule has 0 heterocycles. The number of alkyl halides is 2. The average molecular weight is 377 g/mol. The Balaban J connectivity index is 2.97. The van der Waals surface area contributed by atoms with E-state index in [1.54, 1.807) is 12.4 Å². The topological polar surface area (TPSA) is 75.3 Å². The van der Waals surface area contributed by atoms with Gasteiger partial charge in [0.1, 0.15) is 0 Å². The second-order valence-electron chi connectivity index (χ2n) is 3.26. The standard InChI is InChI=1S/C11H9Br2N2O3/c12-4-10(17)14-8-1-7(6-16)2-9(3-8)15-11(18)5-13/h1-3H,4-5H2,(H,14,17)(H,15,18). The van der Waals surface area contributed by atoms with Crippen LogP contribution in [-0.2, 0) is 14.4 Å². The van der Waals surface area contributed by atoms with E-state index in [0.717, 1.165) is 0 Å². The molecule has 0 aliphatic heterocycles. The monoisotopic (exact) mass is 375 g/mol. The summed E-state index contributed by atoms with van der Waals surface area (Å²) in [5, 5.41) is 5.43. The van der Waals surface area contributed by atoms with Gasteiger partial charge in [0.25, 0.3) is 0 Å². The van der Waals surface area contributed by atoms with Gasteiger partial charge in [-0.2, -0.15) is 0 Å². The van der Waals surface area contributed by atoms with Crippen molar-refractivity contribution >= 4 is 61.3 Å². The maximum Gasteiger partial charge on any atom is 0.235 e. The minimum Gasteiger partial charge on any atom is -0.325 e. The zero-order valence-corrected chi connectivity index (χ0v) is 12.3. The molecule has 2 N–H and O–H groups in total. The number of nitrogens with one attached hydrogen (secondary N) is 2. The van der Waals surface area contributed by atoms with Crippen molar-refractivity contribution in [2.75, 3.05) is 21.3 Å². The Kier molecular flexibility index (Phi) is 6.00. The van der Waals surface area contributed by atoms with E-state index in [1.807, 2.05) is 0 Å². The van der Waals surface area contributed by atoms with Gasteiger partial charge in [-0.3, -0.25) is 14.4 Å². The van der Waals surface area contributed by atoms with Crippen molar-refractivity contribution in [3.8, 4) is 0 Å². The van der Waals surface area contributed by atoms with Crippen LogP contribution in [0.3, 0.4) is 0 Å². The third-order valence-electron chi connectivity index (χ3n) is 1.86.